The summed E-state index contributed by atoms with van der Waals surface area (Å²) in [5, 5.41) is 10.0. The highest BCUT2D eigenvalue weighted by Gasteiger charge is 2.39. The van der Waals surface area contributed by atoms with E-state index >= 15 is 0 Å². The first-order valence-corrected chi connectivity index (χ1v) is 7.04. The molecule has 7 nitrogen and oxygen atoms in total. The topological polar surface area (TPSA) is 110 Å². The van der Waals surface area contributed by atoms with Gasteiger partial charge in [0.15, 0.2) is 0 Å². The van der Waals surface area contributed by atoms with Crippen LogP contribution in [0.2, 0.25) is 0 Å². The Labute approximate surface area is 113 Å². The monoisotopic (exact) mass is 303 g/mol. The van der Waals surface area contributed by atoms with Gasteiger partial charge in [0.2, 0.25) is 0 Å². The molecule has 0 spiro atoms. The van der Waals surface area contributed by atoms with Crippen molar-refractivity contribution >= 4 is 27.9 Å². The Kier molecular flexibility index (Phi) is 3.62. The molecule has 1 aliphatic rings. The van der Waals surface area contributed by atoms with Gasteiger partial charge in [0, 0.05) is 0 Å². The molecule has 1 aromatic rings. The maximum Gasteiger partial charge on any atom is 0.427 e. The molecule has 0 unspecified atom stereocenters. The minimum atomic E-state index is -4.00. The maximum atomic E-state index is 13.3. The second-order valence-corrected chi connectivity index (χ2v) is 5.97. The molecule has 0 aromatic heterocycles. The molecule has 0 saturated heterocycles. The number of hydrogen-bond acceptors (Lipinski definition) is 5. The first-order valence-electron chi connectivity index (χ1n) is 5.57. The van der Waals surface area contributed by atoms with Crippen LogP contribution in [0.15, 0.2) is 18.2 Å². The number of carboxylic acids is 1. The highest BCUT2D eigenvalue weighted by Crippen LogP contribution is 2.30. The first-order chi connectivity index (χ1) is 9.31. The van der Waals surface area contributed by atoms with Crippen molar-refractivity contribution in [1.82, 2.24) is 0 Å². The summed E-state index contributed by atoms with van der Waals surface area (Å²) in [6, 6.07) is 3.20. The first kappa shape index (κ1) is 14.3. The Bertz CT molecular complexity index is 667. The number of hydrogen-bond donors (Lipinski definition) is 2. The number of carboxylic acid groups (broad SMARTS) is 1. The third-order valence-electron chi connectivity index (χ3n) is 2.59. The van der Waals surface area contributed by atoms with E-state index in [0.717, 1.165) is 12.1 Å². The molecule has 1 amide bonds. The Morgan fingerprint density at radius 1 is 1.35 bits per heavy atom. The number of carbonyl (C=O) groups excluding carboxylic acids is 1. The van der Waals surface area contributed by atoms with Crippen LogP contribution in [0.3, 0.4) is 0 Å². The van der Waals surface area contributed by atoms with Gasteiger partial charge in [-0.1, -0.05) is 6.07 Å². The van der Waals surface area contributed by atoms with Gasteiger partial charge in [-0.3, -0.25) is 5.32 Å². The summed E-state index contributed by atoms with van der Waals surface area (Å²) in [4.78, 5) is 22.3. The van der Waals surface area contributed by atoms with Crippen molar-refractivity contribution in [1.29, 1.82) is 0 Å². The Morgan fingerprint density at radius 3 is 2.55 bits per heavy atom. The summed E-state index contributed by atoms with van der Waals surface area (Å²) in [5.74, 6) is -2.65. The molecule has 1 saturated carbocycles. The van der Waals surface area contributed by atoms with E-state index < -0.39 is 38.8 Å². The molecule has 1 aromatic carbocycles. The number of rotatable bonds is 4. The van der Waals surface area contributed by atoms with Crippen molar-refractivity contribution in [3.63, 3.8) is 0 Å². The molecule has 20 heavy (non-hydrogen) atoms. The molecule has 9 heteroatoms. The van der Waals surface area contributed by atoms with E-state index in [1.165, 1.54) is 6.07 Å². The lowest BCUT2D eigenvalue weighted by Gasteiger charge is -2.09. The molecule has 0 aliphatic heterocycles. The van der Waals surface area contributed by atoms with Gasteiger partial charge in [-0.15, -0.1) is 0 Å². The number of anilines is 1. The predicted molar refractivity (Wildman–Crippen MR) is 65.4 cm³/mol. The number of carbonyl (C=O) groups is 2. The van der Waals surface area contributed by atoms with Gasteiger partial charge in [0.05, 0.1) is 10.9 Å². The molecule has 0 atom stereocenters. The summed E-state index contributed by atoms with van der Waals surface area (Å²) in [5.41, 5.74) is -1.15. The lowest BCUT2D eigenvalue weighted by atomic mass is 10.1. The van der Waals surface area contributed by atoms with Crippen LogP contribution < -0.4 is 5.32 Å². The van der Waals surface area contributed by atoms with Crippen LogP contribution in [0.1, 0.15) is 23.2 Å². The third-order valence-corrected chi connectivity index (χ3v) is 4.26. The SMILES string of the molecule is O=C(Nc1cccc(F)c1C(=O)O)OS(=O)(=O)C1CC1. The smallest absolute Gasteiger partial charge is 0.427 e. The van der Waals surface area contributed by atoms with Crippen molar-refractivity contribution in [3.05, 3.63) is 29.6 Å². The molecular weight excluding hydrogens is 293 g/mol. The Balaban J connectivity index is 2.16. The maximum absolute atomic E-state index is 13.3. The molecule has 0 radical (unpaired) electrons. The zero-order valence-electron chi connectivity index (χ0n) is 10.00. The van der Waals surface area contributed by atoms with Crippen molar-refractivity contribution < 1.29 is 31.7 Å². The predicted octanol–water partition coefficient (Wildman–Crippen LogP) is 1.56. The summed E-state index contributed by atoms with van der Waals surface area (Å²) in [7, 11) is -4.00. The molecule has 1 aliphatic carbocycles. The Hall–Kier alpha value is -2.16. The summed E-state index contributed by atoms with van der Waals surface area (Å²) in [6.45, 7) is 0. The highest BCUT2D eigenvalue weighted by atomic mass is 32.2. The largest absolute Gasteiger partial charge is 0.478 e. The summed E-state index contributed by atoms with van der Waals surface area (Å²) in [6.07, 6.45) is -0.545. The van der Waals surface area contributed by atoms with Crippen LogP contribution in [0.25, 0.3) is 0 Å². The number of benzene rings is 1. The van der Waals surface area contributed by atoms with Crippen molar-refractivity contribution in [2.24, 2.45) is 0 Å². The van der Waals surface area contributed by atoms with E-state index in [4.69, 9.17) is 5.11 Å². The number of amides is 1. The van der Waals surface area contributed by atoms with E-state index in [-0.39, 0.29) is 5.69 Å². The normalized spacial score (nSPS) is 14.7. The number of aromatic carboxylic acids is 1. The van der Waals surface area contributed by atoms with Crippen LogP contribution >= 0.6 is 0 Å². The van der Waals surface area contributed by atoms with Crippen molar-refractivity contribution in [2.45, 2.75) is 18.1 Å². The Morgan fingerprint density at radius 2 is 2.00 bits per heavy atom. The quantitative estimate of drug-likeness (QED) is 0.817. The van der Waals surface area contributed by atoms with E-state index in [1.807, 2.05) is 5.32 Å². The van der Waals surface area contributed by atoms with Gasteiger partial charge < -0.3 is 9.29 Å². The van der Waals surface area contributed by atoms with Crippen molar-refractivity contribution in [2.75, 3.05) is 5.32 Å². The van der Waals surface area contributed by atoms with Crippen LogP contribution in [0.4, 0.5) is 14.9 Å². The molecular formula is C11H10FNO6S. The van der Waals surface area contributed by atoms with E-state index in [0.29, 0.717) is 12.8 Å². The second kappa shape index (κ2) is 5.08. The zero-order chi connectivity index (χ0) is 14.9. The fraction of sp³-hybridized carbons (Fsp3) is 0.273. The average Bonchev–Trinajstić information content (AvgIpc) is 3.10. The molecule has 2 N–H and O–H groups in total. The van der Waals surface area contributed by atoms with Crippen LogP contribution in [0, 0.1) is 5.82 Å². The fourth-order valence-corrected chi connectivity index (χ4v) is 2.61. The van der Waals surface area contributed by atoms with E-state index in [1.54, 1.807) is 0 Å². The molecule has 0 heterocycles. The highest BCUT2D eigenvalue weighted by molar-refractivity contribution is 7.88. The van der Waals surface area contributed by atoms with Gasteiger partial charge >= 0.3 is 22.2 Å². The third kappa shape index (κ3) is 3.05. The lowest BCUT2D eigenvalue weighted by Crippen LogP contribution is -2.22. The summed E-state index contributed by atoms with van der Waals surface area (Å²) >= 11 is 0. The van der Waals surface area contributed by atoms with E-state index in [2.05, 4.69) is 4.18 Å². The molecule has 1 fully saturated rings. The van der Waals surface area contributed by atoms with Crippen LogP contribution in [-0.4, -0.2) is 30.8 Å². The number of nitrogens with one attached hydrogen (secondary N) is 1. The van der Waals surface area contributed by atoms with Crippen LogP contribution in [-0.2, 0) is 14.3 Å². The average molecular weight is 303 g/mol. The zero-order valence-corrected chi connectivity index (χ0v) is 10.8. The number of halogens is 1. The minimum Gasteiger partial charge on any atom is -0.478 e. The standard InChI is InChI=1S/C11H10FNO6S/c12-7-2-1-3-8(9(7)10(14)15)13-11(16)19-20(17,18)6-4-5-6/h1-3,6H,4-5H2,(H,13,16)(H,14,15). The summed E-state index contributed by atoms with van der Waals surface area (Å²) < 4.78 is 40.4. The minimum absolute atomic E-state index is 0.381. The second-order valence-electron chi connectivity index (χ2n) is 4.16. The lowest BCUT2D eigenvalue weighted by molar-refractivity contribution is 0.0693. The van der Waals surface area contributed by atoms with E-state index in [9.17, 15) is 22.4 Å². The van der Waals surface area contributed by atoms with Gasteiger partial charge in [0.1, 0.15) is 11.4 Å². The van der Waals surface area contributed by atoms with Gasteiger partial charge in [0.25, 0.3) is 0 Å². The molecule has 0 bridgehead atoms. The fourth-order valence-electron chi connectivity index (χ4n) is 1.51. The molecule has 108 valence electrons. The van der Waals surface area contributed by atoms with Gasteiger partial charge in [-0.2, -0.15) is 8.42 Å². The molecule has 2 rings (SSSR count). The van der Waals surface area contributed by atoms with Gasteiger partial charge in [-0.25, -0.2) is 14.0 Å². The van der Waals surface area contributed by atoms with Crippen LogP contribution in [0.5, 0.6) is 0 Å². The van der Waals surface area contributed by atoms with Crippen molar-refractivity contribution in [3.8, 4) is 0 Å². The van der Waals surface area contributed by atoms with Gasteiger partial charge in [-0.05, 0) is 25.0 Å².